The van der Waals surface area contributed by atoms with Crippen molar-refractivity contribution in [1.82, 2.24) is 4.90 Å². The Morgan fingerprint density at radius 1 is 1.41 bits per heavy atom. The number of carbonyl (C=O) groups excluding carboxylic acids is 1. The monoisotopic (exact) mass is 345 g/mol. The number of amides is 1. The minimum Gasteiger partial charge on any atom is -0.481 e. The summed E-state index contributed by atoms with van der Waals surface area (Å²) in [5.41, 5.74) is 0. The fraction of sp³-hybridized carbons (Fsp3) is 0.467. The summed E-state index contributed by atoms with van der Waals surface area (Å²) in [4.78, 5) is 25.0. The number of carboxylic acid groups (broad SMARTS) is 1. The van der Waals surface area contributed by atoms with Gasteiger partial charge in [0.25, 0.3) is 5.91 Å². The second-order valence-electron chi connectivity index (χ2n) is 5.27. The molecule has 0 radical (unpaired) electrons. The first-order valence-electron chi connectivity index (χ1n) is 7.02. The highest BCUT2D eigenvalue weighted by atomic mass is 35.5. The van der Waals surface area contributed by atoms with Crippen LogP contribution < -0.4 is 4.74 Å². The molecule has 1 fully saturated rings. The van der Waals surface area contributed by atoms with E-state index in [1.54, 1.807) is 25.1 Å². The highest BCUT2D eigenvalue weighted by Crippen LogP contribution is 2.32. The van der Waals surface area contributed by atoms with Gasteiger partial charge in [-0.1, -0.05) is 29.3 Å². The molecule has 1 N–H and O–H groups in total. The van der Waals surface area contributed by atoms with Crippen molar-refractivity contribution in [2.75, 3.05) is 13.1 Å². The Balaban J connectivity index is 2.02. The lowest BCUT2D eigenvalue weighted by Gasteiger charge is -2.32. The second-order valence-corrected chi connectivity index (χ2v) is 6.06. The van der Waals surface area contributed by atoms with Crippen molar-refractivity contribution in [3.63, 3.8) is 0 Å². The lowest BCUT2D eigenvalue weighted by molar-refractivity contribution is -0.147. The van der Waals surface area contributed by atoms with E-state index in [2.05, 4.69) is 0 Å². The van der Waals surface area contributed by atoms with Crippen LogP contribution >= 0.6 is 23.2 Å². The lowest BCUT2D eigenvalue weighted by atomic mass is 9.98. The van der Waals surface area contributed by atoms with E-state index in [9.17, 15) is 9.59 Å². The van der Waals surface area contributed by atoms with Crippen molar-refractivity contribution < 1.29 is 19.4 Å². The number of benzene rings is 1. The minimum atomic E-state index is -0.871. The molecule has 1 aromatic carbocycles. The molecule has 1 aliphatic rings. The molecule has 0 aliphatic carbocycles. The molecule has 7 heteroatoms. The Morgan fingerprint density at radius 2 is 2.14 bits per heavy atom. The number of hydrogen-bond acceptors (Lipinski definition) is 3. The van der Waals surface area contributed by atoms with Crippen LogP contribution in [0.1, 0.15) is 19.8 Å². The van der Waals surface area contributed by atoms with Gasteiger partial charge in [-0.05, 0) is 31.9 Å². The Kier molecular flexibility index (Phi) is 5.53. The van der Waals surface area contributed by atoms with E-state index in [4.69, 9.17) is 33.0 Å². The van der Waals surface area contributed by atoms with Crippen molar-refractivity contribution in [3.05, 3.63) is 28.2 Å². The number of nitrogens with zero attached hydrogens (tertiary/aromatic N) is 1. The van der Waals surface area contributed by atoms with Crippen molar-refractivity contribution in [3.8, 4) is 5.75 Å². The maximum atomic E-state index is 12.4. The SMILES string of the molecule is CC(Oc1cccc(Cl)c1Cl)C(=O)N1CCCC(C(=O)O)C1. The average Bonchev–Trinajstić information content (AvgIpc) is 2.51. The molecular formula is C15H17Cl2NO4. The molecule has 5 nitrogen and oxygen atoms in total. The number of piperidine rings is 1. The van der Waals surface area contributed by atoms with Crippen LogP contribution in [-0.2, 0) is 9.59 Å². The predicted molar refractivity (Wildman–Crippen MR) is 83.5 cm³/mol. The van der Waals surface area contributed by atoms with E-state index in [0.29, 0.717) is 30.2 Å². The molecule has 1 amide bonds. The van der Waals surface area contributed by atoms with Crippen LogP contribution in [0.3, 0.4) is 0 Å². The highest BCUT2D eigenvalue weighted by Gasteiger charge is 2.31. The highest BCUT2D eigenvalue weighted by molar-refractivity contribution is 6.42. The van der Waals surface area contributed by atoms with Crippen LogP contribution in [-0.4, -0.2) is 41.1 Å². The van der Waals surface area contributed by atoms with Gasteiger partial charge in [-0.25, -0.2) is 0 Å². The molecule has 1 aliphatic heterocycles. The molecule has 2 atom stereocenters. The number of carboxylic acids is 1. The van der Waals surface area contributed by atoms with Crippen LogP contribution in [0.15, 0.2) is 18.2 Å². The van der Waals surface area contributed by atoms with Crippen LogP contribution in [0.5, 0.6) is 5.75 Å². The molecular weight excluding hydrogens is 329 g/mol. The van der Waals surface area contributed by atoms with Crippen molar-refractivity contribution in [1.29, 1.82) is 0 Å². The molecule has 22 heavy (non-hydrogen) atoms. The largest absolute Gasteiger partial charge is 0.481 e. The maximum Gasteiger partial charge on any atom is 0.308 e. The van der Waals surface area contributed by atoms with Gasteiger partial charge in [0.1, 0.15) is 10.8 Å². The Labute approximate surface area is 138 Å². The normalized spacial score (nSPS) is 19.6. The van der Waals surface area contributed by atoms with Gasteiger partial charge >= 0.3 is 5.97 Å². The zero-order valence-electron chi connectivity index (χ0n) is 12.1. The zero-order chi connectivity index (χ0) is 16.3. The molecule has 0 aromatic heterocycles. The average molecular weight is 346 g/mol. The summed E-state index contributed by atoms with van der Waals surface area (Å²) >= 11 is 11.9. The van der Waals surface area contributed by atoms with E-state index in [0.717, 1.165) is 0 Å². The lowest BCUT2D eigenvalue weighted by Crippen LogP contribution is -2.47. The van der Waals surface area contributed by atoms with Crippen molar-refractivity contribution >= 4 is 35.1 Å². The van der Waals surface area contributed by atoms with Gasteiger partial charge in [0.15, 0.2) is 6.10 Å². The van der Waals surface area contributed by atoms with Crippen LogP contribution in [0.25, 0.3) is 0 Å². The molecule has 1 saturated heterocycles. The van der Waals surface area contributed by atoms with Crippen LogP contribution in [0, 0.1) is 5.92 Å². The number of rotatable bonds is 4. The number of aliphatic carboxylic acids is 1. The van der Waals surface area contributed by atoms with Crippen molar-refractivity contribution in [2.45, 2.75) is 25.9 Å². The molecule has 2 rings (SSSR count). The summed E-state index contributed by atoms with van der Waals surface area (Å²) in [6.45, 7) is 2.37. The number of halogens is 2. The summed E-state index contributed by atoms with van der Waals surface area (Å²) in [6, 6.07) is 4.95. The van der Waals surface area contributed by atoms with Gasteiger partial charge in [-0.3, -0.25) is 9.59 Å². The first kappa shape index (κ1) is 16.9. The summed E-state index contributed by atoms with van der Waals surface area (Å²) in [5, 5.41) is 9.68. The van der Waals surface area contributed by atoms with Crippen LogP contribution in [0.2, 0.25) is 10.0 Å². The summed E-state index contributed by atoms with van der Waals surface area (Å²) in [5.74, 6) is -1.30. The van der Waals surface area contributed by atoms with E-state index >= 15 is 0 Å². The first-order chi connectivity index (χ1) is 10.4. The third-order valence-electron chi connectivity index (χ3n) is 3.65. The quantitative estimate of drug-likeness (QED) is 0.910. The second kappa shape index (κ2) is 7.20. The molecule has 1 heterocycles. The predicted octanol–water partition coefficient (Wildman–Crippen LogP) is 3.08. The first-order valence-corrected chi connectivity index (χ1v) is 7.78. The fourth-order valence-electron chi connectivity index (χ4n) is 2.45. The number of hydrogen-bond donors (Lipinski definition) is 1. The summed E-state index contributed by atoms with van der Waals surface area (Å²) < 4.78 is 5.58. The third kappa shape index (κ3) is 3.84. The standard InChI is InChI=1S/C15H17Cl2NO4/c1-9(22-12-6-2-5-11(16)13(12)17)14(19)18-7-3-4-10(8-18)15(20)21/h2,5-6,9-10H,3-4,7-8H2,1H3,(H,20,21). The number of carbonyl (C=O) groups is 2. The topological polar surface area (TPSA) is 66.8 Å². The summed E-state index contributed by atoms with van der Waals surface area (Å²) in [6.07, 6.45) is 0.505. The van der Waals surface area contributed by atoms with Gasteiger partial charge in [0.05, 0.1) is 10.9 Å². The molecule has 1 aromatic rings. The molecule has 0 saturated carbocycles. The van der Waals surface area contributed by atoms with E-state index in [1.165, 1.54) is 4.90 Å². The zero-order valence-corrected chi connectivity index (χ0v) is 13.6. The minimum absolute atomic E-state index is 0.213. The van der Waals surface area contributed by atoms with Gasteiger partial charge in [-0.15, -0.1) is 0 Å². The molecule has 2 unspecified atom stereocenters. The van der Waals surface area contributed by atoms with E-state index in [-0.39, 0.29) is 17.5 Å². The van der Waals surface area contributed by atoms with E-state index in [1.807, 2.05) is 0 Å². The Hall–Kier alpha value is -1.46. The maximum absolute atomic E-state index is 12.4. The van der Waals surface area contributed by atoms with Gasteiger partial charge in [0.2, 0.25) is 0 Å². The fourth-order valence-corrected chi connectivity index (χ4v) is 2.79. The Morgan fingerprint density at radius 3 is 2.82 bits per heavy atom. The van der Waals surface area contributed by atoms with Gasteiger partial charge in [-0.2, -0.15) is 0 Å². The number of likely N-dealkylation sites (tertiary alicyclic amines) is 1. The molecule has 0 spiro atoms. The number of ether oxygens (including phenoxy) is 1. The van der Waals surface area contributed by atoms with Crippen molar-refractivity contribution in [2.24, 2.45) is 5.92 Å². The van der Waals surface area contributed by atoms with Gasteiger partial charge in [0, 0.05) is 13.1 Å². The third-order valence-corrected chi connectivity index (χ3v) is 4.45. The molecule has 0 bridgehead atoms. The van der Waals surface area contributed by atoms with Crippen LogP contribution in [0.4, 0.5) is 0 Å². The van der Waals surface area contributed by atoms with E-state index < -0.39 is 18.0 Å². The summed E-state index contributed by atoms with van der Waals surface area (Å²) in [7, 11) is 0. The molecule has 120 valence electrons. The Bertz CT molecular complexity index is 579. The van der Waals surface area contributed by atoms with Gasteiger partial charge < -0.3 is 14.7 Å². The smallest absolute Gasteiger partial charge is 0.308 e.